The normalized spacial score (nSPS) is 19.4. The maximum absolute atomic E-state index is 11.5. The molecule has 1 atom stereocenters. The summed E-state index contributed by atoms with van der Waals surface area (Å²) >= 11 is 0. The lowest BCUT2D eigenvalue weighted by molar-refractivity contribution is -0.132. The van der Waals surface area contributed by atoms with E-state index in [1.807, 2.05) is 25.2 Å². The summed E-state index contributed by atoms with van der Waals surface area (Å²) in [6.45, 7) is 0.732. The van der Waals surface area contributed by atoms with Crippen LogP contribution in [-0.4, -0.2) is 35.4 Å². The number of hydrogen-bond donors (Lipinski definition) is 2. The van der Waals surface area contributed by atoms with Crippen LogP contribution in [0.5, 0.6) is 0 Å². The predicted molar refractivity (Wildman–Crippen MR) is 80.4 cm³/mol. The molecular weight excluding hydrogens is 252 g/mol. The molecule has 104 valence electrons. The van der Waals surface area contributed by atoms with Crippen molar-refractivity contribution in [1.29, 1.82) is 0 Å². The van der Waals surface area contributed by atoms with Crippen molar-refractivity contribution in [2.45, 2.75) is 18.9 Å². The Hall–Kier alpha value is -2.30. The molecule has 1 unspecified atom stereocenters. The molecule has 1 fully saturated rings. The highest BCUT2D eigenvalue weighted by Gasteiger charge is 2.23. The number of nitrogen functional groups attached to an aromatic ring is 1. The Morgan fingerprint density at radius 2 is 2.20 bits per heavy atom. The van der Waals surface area contributed by atoms with Gasteiger partial charge in [0, 0.05) is 60.6 Å². The lowest BCUT2D eigenvalue weighted by Crippen LogP contribution is -2.43. The van der Waals surface area contributed by atoms with Gasteiger partial charge >= 0.3 is 0 Å². The fraction of sp³-hybridized carbons (Fsp3) is 0.333. The molecule has 0 bridgehead atoms. The van der Waals surface area contributed by atoms with E-state index in [1.54, 1.807) is 17.3 Å². The van der Waals surface area contributed by atoms with E-state index in [0.717, 1.165) is 35.1 Å². The Balaban J connectivity index is 1.88. The van der Waals surface area contributed by atoms with Crippen LogP contribution in [0.3, 0.4) is 0 Å². The first-order chi connectivity index (χ1) is 9.65. The number of amides is 1. The summed E-state index contributed by atoms with van der Waals surface area (Å²) in [5.74, 6) is 0.217. The van der Waals surface area contributed by atoms with Crippen molar-refractivity contribution >= 4 is 28.1 Å². The van der Waals surface area contributed by atoms with Crippen LogP contribution < -0.4 is 11.1 Å². The van der Waals surface area contributed by atoms with E-state index in [9.17, 15) is 4.79 Å². The van der Waals surface area contributed by atoms with Gasteiger partial charge in [-0.1, -0.05) is 0 Å². The molecule has 1 saturated heterocycles. The van der Waals surface area contributed by atoms with Gasteiger partial charge in [-0.2, -0.15) is 0 Å². The number of nitrogens with one attached hydrogen (secondary N) is 1. The van der Waals surface area contributed by atoms with Crippen molar-refractivity contribution in [2.24, 2.45) is 0 Å². The fourth-order valence-corrected chi connectivity index (χ4v) is 2.69. The van der Waals surface area contributed by atoms with Gasteiger partial charge < -0.3 is 16.0 Å². The number of nitrogens with two attached hydrogens (primary N) is 1. The van der Waals surface area contributed by atoms with Gasteiger partial charge in [0.05, 0.1) is 0 Å². The molecule has 1 aliphatic rings. The highest BCUT2D eigenvalue weighted by molar-refractivity contribution is 6.00. The van der Waals surface area contributed by atoms with E-state index in [2.05, 4.69) is 10.3 Å². The lowest BCUT2D eigenvalue weighted by Gasteiger charge is -2.31. The van der Waals surface area contributed by atoms with Gasteiger partial charge in [0.15, 0.2) is 0 Å². The molecule has 0 radical (unpaired) electrons. The second-order valence-corrected chi connectivity index (χ2v) is 5.28. The summed E-state index contributed by atoms with van der Waals surface area (Å²) < 4.78 is 0. The van der Waals surface area contributed by atoms with Gasteiger partial charge in [0.1, 0.15) is 0 Å². The predicted octanol–water partition coefficient (Wildman–Crippen LogP) is 1.85. The minimum Gasteiger partial charge on any atom is -0.398 e. The molecule has 20 heavy (non-hydrogen) atoms. The number of anilines is 2. The van der Waals surface area contributed by atoms with E-state index < -0.39 is 0 Å². The maximum atomic E-state index is 11.5. The average Bonchev–Trinajstić information content (AvgIpc) is 2.46. The van der Waals surface area contributed by atoms with Crippen LogP contribution >= 0.6 is 0 Å². The van der Waals surface area contributed by atoms with Crippen LogP contribution in [0.15, 0.2) is 30.6 Å². The molecule has 5 heteroatoms. The Labute approximate surface area is 117 Å². The Bertz CT molecular complexity index is 655. The van der Waals surface area contributed by atoms with Crippen molar-refractivity contribution in [3.8, 4) is 0 Å². The first-order valence-electron chi connectivity index (χ1n) is 6.78. The van der Waals surface area contributed by atoms with Gasteiger partial charge in [-0.3, -0.25) is 9.78 Å². The summed E-state index contributed by atoms with van der Waals surface area (Å²) in [5, 5.41) is 5.55. The quantitative estimate of drug-likeness (QED) is 0.817. The highest BCUT2D eigenvalue weighted by atomic mass is 16.2. The van der Waals surface area contributed by atoms with E-state index >= 15 is 0 Å². The molecule has 2 heterocycles. The molecule has 1 aromatic carbocycles. The molecule has 0 aliphatic carbocycles. The third-order valence-corrected chi connectivity index (χ3v) is 3.84. The molecule has 2 aromatic rings. The lowest BCUT2D eigenvalue weighted by atomic mass is 10.0. The minimum atomic E-state index is 0.217. The Morgan fingerprint density at radius 3 is 3.00 bits per heavy atom. The zero-order valence-corrected chi connectivity index (χ0v) is 11.5. The van der Waals surface area contributed by atoms with Crippen molar-refractivity contribution in [2.75, 3.05) is 24.6 Å². The van der Waals surface area contributed by atoms with E-state index in [-0.39, 0.29) is 11.9 Å². The monoisotopic (exact) mass is 270 g/mol. The van der Waals surface area contributed by atoms with Crippen molar-refractivity contribution in [1.82, 2.24) is 9.88 Å². The second-order valence-electron chi connectivity index (χ2n) is 5.28. The number of aromatic nitrogens is 1. The molecule has 3 N–H and O–H groups in total. The first-order valence-corrected chi connectivity index (χ1v) is 6.78. The topological polar surface area (TPSA) is 71.2 Å². The summed E-state index contributed by atoms with van der Waals surface area (Å²) in [6, 6.07) is 6.13. The summed E-state index contributed by atoms with van der Waals surface area (Å²) in [4.78, 5) is 17.4. The van der Waals surface area contributed by atoms with Crippen LogP contribution in [0.25, 0.3) is 10.8 Å². The molecule has 1 amide bonds. The standard InChI is InChI=1S/C15H18N4O/c1-19-9-10(2-5-15(19)20)18-14-4-3-13(16)12-8-17-7-6-11(12)14/h3-4,6-8,10,18H,2,5,9,16H2,1H3. The van der Waals surface area contributed by atoms with Crippen LogP contribution in [0.2, 0.25) is 0 Å². The van der Waals surface area contributed by atoms with Crippen LogP contribution in [0, 0.1) is 0 Å². The van der Waals surface area contributed by atoms with Gasteiger partial charge in [-0.05, 0) is 24.6 Å². The Kier molecular flexibility index (Phi) is 3.18. The molecule has 3 rings (SSSR count). The van der Waals surface area contributed by atoms with E-state index in [0.29, 0.717) is 6.42 Å². The summed E-state index contributed by atoms with van der Waals surface area (Å²) in [6.07, 6.45) is 5.01. The molecule has 1 aliphatic heterocycles. The molecule has 0 spiro atoms. The SMILES string of the molecule is CN1CC(Nc2ccc(N)c3cnccc23)CCC1=O. The number of piperidine rings is 1. The summed E-state index contributed by atoms with van der Waals surface area (Å²) in [7, 11) is 1.85. The van der Waals surface area contributed by atoms with Crippen LogP contribution in [0.4, 0.5) is 11.4 Å². The number of carbonyl (C=O) groups is 1. The van der Waals surface area contributed by atoms with Crippen molar-refractivity contribution < 1.29 is 4.79 Å². The second kappa shape index (κ2) is 5.00. The number of likely N-dealkylation sites (N-methyl/N-ethyl adjacent to an activating group) is 1. The number of fused-ring (bicyclic) bond motifs is 1. The van der Waals surface area contributed by atoms with Crippen LogP contribution in [0.1, 0.15) is 12.8 Å². The zero-order valence-electron chi connectivity index (χ0n) is 11.5. The first kappa shape index (κ1) is 12.7. The number of pyridine rings is 1. The number of rotatable bonds is 2. The molecule has 5 nitrogen and oxygen atoms in total. The largest absolute Gasteiger partial charge is 0.398 e. The number of benzene rings is 1. The number of hydrogen-bond acceptors (Lipinski definition) is 4. The van der Waals surface area contributed by atoms with Crippen LogP contribution in [-0.2, 0) is 4.79 Å². The van der Waals surface area contributed by atoms with E-state index in [1.165, 1.54) is 0 Å². The number of likely N-dealkylation sites (tertiary alicyclic amines) is 1. The molecular formula is C15H18N4O. The van der Waals surface area contributed by atoms with Gasteiger partial charge in [-0.25, -0.2) is 0 Å². The molecule has 0 saturated carbocycles. The van der Waals surface area contributed by atoms with Gasteiger partial charge in [-0.15, -0.1) is 0 Å². The van der Waals surface area contributed by atoms with Crippen molar-refractivity contribution in [3.05, 3.63) is 30.6 Å². The van der Waals surface area contributed by atoms with Gasteiger partial charge in [0.2, 0.25) is 5.91 Å². The van der Waals surface area contributed by atoms with Gasteiger partial charge in [0.25, 0.3) is 0 Å². The number of nitrogens with zero attached hydrogens (tertiary/aromatic N) is 2. The summed E-state index contributed by atoms with van der Waals surface area (Å²) in [5.41, 5.74) is 7.75. The zero-order chi connectivity index (χ0) is 14.1. The average molecular weight is 270 g/mol. The molecule has 1 aromatic heterocycles. The third kappa shape index (κ3) is 2.27. The van der Waals surface area contributed by atoms with E-state index in [4.69, 9.17) is 5.73 Å². The fourth-order valence-electron chi connectivity index (χ4n) is 2.69. The third-order valence-electron chi connectivity index (χ3n) is 3.84. The minimum absolute atomic E-state index is 0.217. The van der Waals surface area contributed by atoms with Crippen molar-refractivity contribution in [3.63, 3.8) is 0 Å². The maximum Gasteiger partial charge on any atom is 0.222 e. The smallest absolute Gasteiger partial charge is 0.222 e. The Morgan fingerprint density at radius 1 is 1.35 bits per heavy atom. The highest BCUT2D eigenvalue weighted by Crippen LogP contribution is 2.28. The number of carbonyl (C=O) groups excluding carboxylic acids is 1.